The molecule has 0 radical (unpaired) electrons. The maximum atomic E-state index is 11.4. The molecule has 3 heteroatoms. The Kier molecular flexibility index (Phi) is 29.3. The van der Waals surface area contributed by atoms with Gasteiger partial charge in [0.15, 0.2) is 0 Å². The molecular formula is C24H50O3. The van der Waals surface area contributed by atoms with E-state index in [0.717, 1.165) is 19.3 Å². The van der Waals surface area contributed by atoms with Gasteiger partial charge in [-0.25, -0.2) is 0 Å². The molecule has 0 atom stereocenters. The van der Waals surface area contributed by atoms with Gasteiger partial charge in [-0.15, -0.1) is 0 Å². The van der Waals surface area contributed by atoms with E-state index in [0.29, 0.717) is 13.0 Å². The summed E-state index contributed by atoms with van der Waals surface area (Å²) in [5, 5.41) is 7.57. The van der Waals surface area contributed by atoms with Crippen molar-refractivity contribution in [1.29, 1.82) is 0 Å². The van der Waals surface area contributed by atoms with Gasteiger partial charge in [0.05, 0.1) is 6.61 Å². The van der Waals surface area contributed by atoms with Crippen molar-refractivity contribution in [3.05, 3.63) is 0 Å². The molecule has 0 heterocycles. The molecule has 3 nitrogen and oxygen atoms in total. The molecular weight excluding hydrogens is 336 g/mol. The Hall–Kier alpha value is -0.570. The molecule has 0 aliphatic heterocycles. The Morgan fingerprint density at radius 1 is 0.593 bits per heavy atom. The fraction of sp³-hybridized carbons (Fsp3) is 0.958. The molecule has 0 saturated heterocycles. The first-order chi connectivity index (χ1) is 13.2. The lowest BCUT2D eigenvalue weighted by atomic mass is 10.0. The molecule has 0 fully saturated rings. The molecule has 0 unspecified atom stereocenters. The first kappa shape index (κ1) is 28.6. The number of rotatable bonds is 19. The SMILES string of the molecule is CCCCCCCCCCCCCCCCCC(=O)OCCCC.CCO. The van der Waals surface area contributed by atoms with Crippen LogP contribution >= 0.6 is 0 Å². The summed E-state index contributed by atoms with van der Waals surface area (Å²) in [7, 11) is 0. The summed E-state index contributed by atoms with van der Waals surface area (Å²) in [6.07, 6.45) is 23.1. The van der Waals surface area contributed by atoms with Crippen LogP contribution in [0, 0.1) is 0 Å². The number of aliphatic hydroxyl groups is 1. The average molecular weight is 387 g/mol. The van der Waals surface area contributed by atoms with E-state index >= 15 is 0 Å². The normalized spacial score (nSPS) is 10.4. The first-order valence-electron chi connectivity index (χ1n) is 12.0. The minimum atomic E-state index is -0.00172. The van der Waals surface area contributed by atoms with Gasteiger partial charge in [0, 0.05) is 13.0 Å². The van der Waals surface area contributed by atoms with Crippen molar-refractivity contribution in [2.75, 3.05) is 13.2 Å². The Morgan fingerprint density at radius 2 is 0.926 bits per heavy atom. The summed E-state index contributed by atoms with van der Waals surface area (Å²) < 4.78 is 5.16. The zero-order chi connectivity index (χ0) is 20.4. The molecule has 0 bridgehead atoms. The minimum absolute atomic E-state index is 0.00172. The lowest BCUT2D eigenvalue weighted by Gasteiger charge is -2.04. The highest BCUT2D eigenvalue weighted by Gasteiger charge is 2.01. The van der Waals surface area contributed by atoms with Crippen molar-refractivity contribution in [2.45, 2.75) is 136 Å². The zero-order valence-corrected chi connectivity index (χ0v) is 18.9. The van der Waals surface area contributed by atoms with Crippen LogP contribution in [0.3, 0.4) is 0 Å². The number of carbonyl (C=O) groups excluding carboxylic acids is 1. The van der Waals surface area contributed by atoms with Gasteiger partial charge in [-0.3, -0.25) is 4.79 Å². The summed E-state index contributed by atoms with van der Waals surface area (Å²) in [5.74, 6) is -0.00172. The zero-order valence-electron chi connectivity index (χ0n) is 18.9. The number of unbranched alkanes of at least 4 members (excludes halogenated alkanes) is 15. The summed E-state index contributed by atoms with van der Waals surface area (Å²) >= 11 is 0. The van der Waals surface area contributed by atoms with E-state index in [9.17, 15) is 4.79 Å². The van der Waals surface area contributed by atoms with Gasteiger partial charge in [-0.1, -0.05) is 110 Å². The summed E-state index contributed by atoms with van der Waals surface area (Å²) in [6.45, 7) is 6.93. The second kappa shape index (κ2) is 27.6. The molecule has 0 aromatic rings. The summed E-state index contributed by atoms with van der Waals surface area (Å²) in [4.78, 5) is 11.4. The van der Waals surface area contributed by atoms with E-state index in [4.69, 9.17) is 9.84 Å². The van der Waals surface area contributed by atoms with E-state index in [1.807, 2.05) is 0 Å². The number of aliphatic hydroxyl groups excluding tert-OH is 1. The Labute approximate surface area is 170 Å². The molecule has 0 saturated carbocycles. The van der Waals surface area contributed by atoms with Gasteiger partial charge in [-0.05, 0) is 19.8 Å². The predicted octanol–water partition coefficient (Wildman–Crippen LogP) is 7.59. The highest BCUT2D eigenvalue weighted by Crippen LogP contribution is 2.13. The number of ether oxygens (including phenoxy) is 1. The summed E-state index contributed by atoms with van der Waals surface area (Å²) in [5.41, 5.74) is 0. The largest absolute Gasteiger partial charge is 0.466 e. The molecule has 0 amide bonds. The Balaban J connectivity index is 0. The van der Waals surface area contributed by atoms with Gasteiger partial charge in [0.2, 0.25) is 0 Å². The molecule has 27 heavy (non-hydrogen) atoms. The summed E-state index contributed by atoms with van der Waals surface area (Å²) in [6, 6.07) is 0. The molecule has 0 spiro atoms. The average Bonchev–Trinajstić information content (AvgIpc) is 2.66. The van der Waals surface area contributed by atoms with Crippen molar-refractivity contribution in [3.8, 4) is 0 Å². The fourth-order valence-electron chi connectivity index (χ4n) is 3.04. The van der Waals surface area contributed by atoms with Gasteiger partial charge >= 0.3 is 5.97 Å². The quantitative estimate of drug-likeness (QED) is 0.184. The second-order valence-corrected chi connectivity index (χ2v) is 7.59. The van der Waals surface area contributed by atoms with Gasteiger partial charge < -0.3 is 9.84 Å². The van der Waals surface area contributed by atoms with Crippen molar-refractivity contribution in [1.82, 2.24) is 0 Å². The van der Waals surface area contributed by atoms with E-state index in [2.05, 4.69) is 13.8 Å². The Morgan fingerprint density at radius 3 is 1.30 bits per heavy atom. The van der Waals surface area contributed by atoms with Crippen LogP contribution in [0.4, 0.5) is 0 Å². The third-order valence-corrected chi connectivity index (χ3v) is 4.75. The third-order valence-electron chi connectivity index (χ3n) is 4.75. The molecule has 0 aromatic carbocycles. The maximum Gasteiger partial charge on any atom is 0.305 e. The van der Waals surface area contributed by atoms with Crippen LogP contribution in [0.2, 0.25) is 0 Å². The van der Waals surface area contributed by atoms with Crippen molar-refractivity contribution in [3.63, 3.8) is 0 Å². The van der Waals surface area contributed by atoms with Crippen molar-refractivity contribution in [2.24, 2.45) is 0 Å². The monoisotopic (exact) mass is 386 g/mol. The highest BCUT2D eigenvalue weighted by molar-refractivity contribution is 5.69. The molecule has 0 aromatic heterocycles. The lowest BCUT2D eigenvalue weighted by Crippen LogP contribution is -2.05. The van der Waals surface area contributed by atoms with E-state index in [-0.39, 0.29) is 12.6 Å². The number of hydrogen-bond donors (Lipinski definition) is 1. The highest BCUT2D eigenvalue weighted by atomic mass is 16.5. The fourth-order valence-corrected chi connectivity index (χ4v) is 3.04. The van der Waals surface area contributed by atoms with Crippen molar-refractivity contribution < 1.29 is 14.6 Å². The number of carbonyl (C=O) groups is 1. The molecule has 0 aliphatic rings. The van der Waals surface area contributed by atoms with Crippen LogP contribution in [0.5, 0.6) is 0 Å². The predicted molar refractivity (Wildman–Crippen MR) is 118 cm³/mol. The smallest absolute Gasteiger partial charge is 0.305 e. The molecule has 0 aliphatic carbocycles. The van der Waals surface area contributed by atoms with Crippen LogP contribution in [0.25, 0.3) is 0 Å². The van der Waals surface area contributed by atoms with E-state index in [1.165, 1.54) is 89.9 Å². The van der Waals surface area contributed by atoms with E-state index < -0.39 is 0 Å². The first-order valence-corrected chi connectivity index (χ1v) is 12.0. The van der Waals surface area contributed by atoms with Crippen LogP contribution in [-0.2, 0) is 9.53 Å². The maximum absolute atomic E-state index is 11.4. The van der Waals surface area contributed by atoms with Gasteiger partial charge in [0.25, 0.3) is 0 Å². The standard InChI is InChI=1S/C22H44O2.C2H6O/c1-3-5-7-8-9-10-11-12-13-14-15-16-17-18-19-20-22(23)24-21-6-4-2;1-2-3/h3-21H2,1-2H3;3H,2H2,1H3. The van der Waals surface area contributed by atoms with Crippen LogP contribution < -0.4 is 0 Å². The van der Waals surface area contributed by atoms with Gasteiger partial charge in [-0.2, -0.15) is 0 Å². The molecule has 0 rings (SSSR count). The van der Waals surface area contributed by atoms with Crippen LogP contribution in [-0.4, -0.2) is 24.3 Å². The van der Waals surface area contributed by atoms with Crippen LogP contribution in [0.1, 0.15) is 136 Å². The van der Waals surface area contributed by atoms with E-state index in [1.54, 1.807) is 6.92 Å². The number of esters is 1. The topological polar surface area (TPSA) is 46.5 Å². The van der Waals surface area contributed by atoms with Crippen molar-refractivity contribution >= 4 is 5.97 Å². The minimum Gasteiger partial charge on any atom is -0.466 e. The van der Waals surface area contributed by atoms with Crippen LogP contribution in [0.15, 0.2) is 0 Å². The lowest BCUT2D eigenvalue weighted by molar-refractivity contribution is -0.143. The van der Waals surface area contributed by atoms with Gasteiger partial charge in [0.1, 0.15) is 0 Å². The molecule has 1 N–H and O–H groups in total. The Bertz CT molecular complexity index is 266. The molecule has 164 valence electrons. The number of hydrogen-bond acceptors (Lipinski definition) is 3. The third kappa shape index (κ3) is 30.4. The second-order valence-electron chi connectivity index (χ2n) is 7.59.